The van der Waals surface area contributed by atoms with Gasteiger partial charge in [-0.15, -0.1) is 16.8 Å². The van der Waals surface area contributed by atoms with Gasteiger partial charge in [0, 0.05) is 12.6 Å². The molecule has 0 saturated heterocycles. The van der Waals surface area contributed by atoms with Gasteiger partial charge in [0.2, 0.25) is 0 Å². The molecule has 0 atom stereocenters. The van der Waals surface area contributed by atoms with E-state index in [2.05, 4.69) is 27.4 Å². The molecule has 1 heterocycles. The summed E-state index contributed by atoms with van der Waals surface area (Å²) >= 11 is 0. The van der Waals surface area contributed by atoms with Crippen LogP contribution in [0.25, 0.3) is 0 Å². The fourth-order valence-corrected chi connectivity index (χ4v) is 1.81. The largest absolute Gasteiger partial charge is 0.497 e. The highest BCUT2D eigenvalue weighted by atomic mass is 16.5. The second kappa shape index (κ2) is 7.79. The van der Waals surface area contributed by atoms with E-state index in [1.165, 1.54) is 7.11 Å². The topological polar surface area (TPSA) is 85.4 Å². The molecule has 7 nitrogen and oxygen atoms in total. The summed E-state index contributed by atoms with van der Waals surface area (Å²) < 4.78 is 10.4. The first-order chi connectivity index (χ1) is 11.2. The minimum Gasteiger partial charge on any atom is -0.497 e. The molecule has 0 saturated carbocycles. The average Bonchev–Trinajstić information content (AvgIpc) is 2.60. The summed E-state index contributed by atoms with van der Waals surface area (Å²) in [5.74, 6) is 1.33. The Labute approximate surface area is 134 Å². The van der Waals surface area contributed by atoms with Crippen LogP contribution in [0.4, 0.5) is 11.5 Å². The van der Waals surface area contributed by atoms with Crippen molar-refractivity contribution in [1.82, 2.24) is 10.2 Å². The Hall–Kier alpha value is -3.09. The SMILES string of the molecule is C=CCNc1ccc(C(=O)Nc2ccc(OC)cc2OC)nn1. The van der Waals surface area contributed by atoms with Crippen LogP contribution in [-0.4, -0.2) is 36.9 Å². The Morgan fingerprint density at radius 3 is 2.65 bits per heavy atom. The van der Waals surface area contributed by atoms with Crippen LogP contribution < -0.4 is 20.1 Å². The van der Waals surface area contributed by atoms with E-state index in [1.54, 1.807) is 43.5 Å². The van der Waals surface area contributed by atoms with Crippen LogP contribution >= 0.6 is 0 Å². The van der Waals surface area contributed by atoms with Gasteiger partial charge in [-0.05, 0) is 24.3 Å². The summed E-state index contributed by atoms with van der Waals surface area (Å²) in [7, 11) is 3.08. The molecule has 0 spiro atoms. The summed E-state index contributed by atoms with van der Waals surface area (Å²) in [6.07, 6.45) is 1.71. The number of nitrogens with zero attached hydrogens (tertiary/aromatic N) is 2. The lowest BCUT2D eigenvalue weighted by Gasteiger charge is -2.11. The molecule has 120 valence electrons. The number of aromatic nitrogens is 2. The van der Waals surface area contributed by atoms with Crippen LogP contribution in [0.3, 0.4) is 0 Å². The number of hydrogen-bond acceptors (Lipinski definition) is 6. The normalized spacial score (nSPS) is 9.83. The summed E-state index contributed by atoms with van der Waals surface area (Å²) in [4.78, 5) is 12.2. The van der Waals surface area contributed by atoms with E-state index in [9.17, 15) is 4.79 Å². The number of amides is 1. The maximum atomic E-state index is 12.2. The van der Waals surface area contributed by atoms with E-state index in [1.807, 2.05) is 0 Å². The Morgan fingerprint density at radius 2 is 2.04 bits per heavy atom. The van der Waals surface area contributed by atoms with E-state index in [0.717, 1.165) is 0 Å². The van der Waals surface area contributed by atoms with Gasteiger partial charge in [0.25, 0.3) is 5.91 Å². The molecule has 1 aromatic carbocycles. The molecule has 0 aliphatic carbocycles. The van der Waals surface area contributed by atoms with E-state index in [4.69, 9.17) is 9.47 Å². The first-order valence-electron chi connectivity index (χ1n) is 6.89. The molecule has 0 unspecified atom stereocenters. The molecule has 23 heavy (non-hydrogen) atoms. The zero-order chi connectivity index (χ0) is 16.7. The maximum absolute atomic E-state index is 12.2. The highest BCUT2D eigenvalue weighted by molar-refractivity contribution is 6.03. The molecule has 0 fully saturated rings. The van der Waals surface area contributed by atoms with Crippen molar-refractivity contribution in [3.63, 3.8) is 0 Å². The quantitative estimate of drug-likeness (QED) is 0.763. The summed E-state index contributed by atoms with van der Waals surface area (Å²) in [5.41, 5.74) is 0.723. The third-order valence-electron chi connectivity index (χ3n) is 2.98. The van der Waals surface area contributed by atoms with Crippen molar-refractivity contribution in [2.45, 2.75) is 0 Å². The van der Waals surface area contributed by atoms with Crippen molar-refractivity contribution in [2.24, 2.45) is 0 Å². The van der Waals surface area contributed by atoms with E-state index in [-0.39, 0.29) is 11.6 Å². The summed E-state index contributed by atoms with van der Waals surface area (Å²) in [5, 5.41) is 13.5. The number of hydrogen-bond donors (Lipinski definition) is 2. The van der Waals surface area contributed by atoms with Gasteiger partial charge >= 0.3 is 0 Å². The van der Waals surface area contributed by atoms with Gasteiger partial charge in [-0.3, -0.25) is 4.79 Å². The van der Waals surface area contributed by atoms with E-state index < -0.39 is 0 Å². The number of anilines is 2. The summed E-state index contributed by atoms with van der Waals surface area (Å²) in [6.45, 7) is 4.17. The van der Waals surface area contributed by atoms with Crippen molar-refractivity contribution in [3.05, 3.63) is 48.7 Å². The average molecular weight is 314 g/mol. The molecule has 7 heteroatoms. The Kier molecular flexibility index (Phi) is 5.51. The predicted octanol–water partition coefficient (Wildman–Crippen LogP) is 2.34. The van der Waals surface area contributed by atoms with Gasteiger partial charge in [-0.25, -0.2) is 0 Å². The van der Waals surface area contributed by atoms with Gasteiger partial charge in [0.1, 0.15) is 17.3 Å². The van der Waals surface area contributed by atoms with Crippen LogP contribution in [0, 0.1) is 0 Å². The number of carbonyl (C=O) groups excluding carboxylic acids is 1. The zero-order valence-corrected chi connectivity index (χ0v) is 13.0. The maximum Gasteiger partial charge on any atom is 0.276 e. The van der Waals surface area contributed by atoms with Crippen molar-refractivity contribution < 1.29 is 14.3 Å². The minimum absolute atomic E-state index is 0.201. The Bertz CT molecular complexity index is 686. The van der Waals surface area contributed by atoms with Gasteiger partial charge in [-0.2, -0.15) is 0 Å². The number of nitrogens with one attached hydrogen (secondary N) is 2. The number of rotatable bonds is 7. The van der Waals surface area contributed by atoms with Crippen LogP contribution in [0.15, 0.2) is 43.0 Å². The lowest BCUT2D eigenvalue weighted by atomic mass is 10.2. The molecule has 1 aromatic heterocycles. The standard InChI is InChI=1S/C16H18N4O3/c1-4-9-17-15-8-7-13(19-20-15)16(21)18-12-6-5-11(22-2)10-14(12)23-3/h4-8,10H,1,9H2,2-3H3,(H,17,20)(H,18,21). The fraction of sp³-hybridized carbons (Fsp3) is 0.188. The van der Waals surface area contributed by atoms with E-state index >= 15 is 0 Å². The molecule has 0 aliphatic heterocycles. The monoisotopic (exact) mass is 314 g/mol. The van der Waals surface area contributed by atoms with Crippen molar-refractivity contribution in [3.8, 4) is 11.5 Å². The van der Waals surface area contributed by atoms with Crippen LogP contribution in [0.1, 0.15) is 10.5 Å². The lowest BCUT2D eigenvalue weighted by Crippen LogP contribution is -2.15. The molecule has 2 rings (SSSR count). The molecule has 0 aliphatic rings. The third kappa shape index (κ3) is 4.19. The number of ether oxygens (including phenoxy) is 2. The summed E-state index contributed by atoms with van der Waals surface area (Å²) in [6, 6.07) is 8.37. The van der Waals surface area contributed by atoms with Crippen molar-refractivity contribution in [1.29, 1.82) is 0 Å². The van der Waals surface area contributed by atoms with Crippen molar-refractivity contribution >= 4 is 17.4 Å². The Balaban J connectivity index is 2.11. The second-order valence-electron chi connectivity index (χ2n) is 4.49. The molecule has 0 bridgehead atoms. The zero-order valence-electron chi connectivity index (χ0n) is 13.0. The minimum atomic E-state index is -0.378. The van der Waals surface area contributed by atoms with Gasteiger partial charge in [0.15, 0.2) is 5.69 Å². The third-order valence-corrected chi connectivity index (χ3v) is 2.98. The smallest absolute Gasteiger partial charge is 0.276 e. The van der Waals surface area contributed by atoms with Gasteiger partial charge in [-0.1, -0.05) is 6.08 Å². The molecule has 2 aromatic rings. The Morgan fingerprint density at radius 1 is 1.22 bits per heavy atom. The first kappa shape index (κ1) is 16.3. The number of carbonyl (C=O) groups is 1. The highest BCUT2D eigenvalue weighted by Gasteiger charge is 2.12. The van der Waals surface area contributed by atoms with E-state index in [0.29, 0.717) is 29.5 Å². The number of benzene rings is 1. The van der Waals surface area contributed by atoms with Crippen LogP contribution in [-0.2, 0) is 0 Å². The van der Waals surface area contributed by atoms with Gasteiger partial charge < -0.3 is 20.1 Å². The van der Waals surface area contributed by atoms with Crippen LogP contribution in [0.5, 0.6) is 11.5 Å². The molecule has 2 N–H and O–H groups in total. The lowest BCUT2D eigenvalue weighted by molar-refractivity contribution is 0.102. The molecular formula is C16H18N4O3. The van der Waals surface area contributed by atoms with Gasteiger partial charge in [0.05, 0.1) is 19.9 Å². The first-order valence-corrected chi connectivity index (χ1v) is 6.89. The highest BCUT2D eigenvalue weighted by Crippen LogP contribution is 2.29. The second-order valence-corrected chi connectivity index (χ2v) is 4.49. The van der Waals surface area contributed by atoms with Crippen molar-refractivity contribution in [2.75, 3.05) is 31.4 Å². The fourth-order valence-electron chi connectivity index (χ4n) is 1.81. The van der Waals surface area contributed by atoms with Crippen LogP contribution in [0.2, 0.25) is 0 Å². The number of methoxy groups -OCH3 is 2. The molecule has 0 radical (unpaired) electrons. The molecular weight excluding hydrogens is 296 g/mol. The molecule has 1 amide bonds. The predicted molar refractivity (Wildman–Crippen MR) is 88.2 cm³/mol.